The average molecular weight is 301 g/mol. The van der Waals surface area contributed by atoms with Crippen LogP contribution in [-0.4, -0.2) is 7.11 Å². The maximum atomic E-state index is 8.14. The molecule has 1 rings (SSSR count). The molecule has 0 aliphatic heterocycles. The summed E-state index contributed by atoms with van der Waals surface area (Å²) in [5.41, 5.74) is 0.625. The van der Waals surface area contributed by atoms with E-state index in [1.807, 2.05) is 64.1 Å². The molecule has 0 fully saturated rings. The smallest absolute Gasteiger partial charge is 0.118 e. The van der Waals surface area contributed by atoms with Crippen LogP contribution in [0.1, 0.15) is 41.5 Å². The number of allylic oxidation sites excluding steroid dienone is 3. The van der Waals surface area contributed by atoms with Gasteiger partial charge in [-0.3, -0.25) is 0 Å². The molecule has 0 aliphatic carbocycles. The topological polar surface area (TPSA) is 33.0 Å². The van der Waals surface area contributed by atoms with E-state index in [-0.39, 0.29) is 0 Å². The summed E-state index contributed by atoms with van der Waals surface area (Å²) in [6, 6.07) is 11.6. The summed E-state index contributed by atoms with van der Waals surface area (Å²) in [5.74, 6) is 3.16. The van der Waals surface area contributed by atoms with Crippen molar-refractivity contribution in [3.8, 4) is 24.2 Å². The van der Waals surface area contributed by atoms with E-state index in [0.29, 0.717) is 5.57 Å². The Morgan fingerprint density at radius 3 is 1.73 bits per heavy atom. The van der Waals surface area contributed by atoms with Crippen molar-refractivity contribution < 1.29 is 4.74 Å². The van der Waals surface area contributed by atoms with Gasteiger partial charge in [-0.05, 0) is 26.0 Å². The van der Waals surface area contributed by atoms with Gasteiger partial charge in [0, 0.05) is 5.57 Å². The normalized spacial score (nSPS) is 7.23. The summed E-state index contributed by atoms with van der Waals surface area (Å²) in [5, 5.41) is 8.14. The maximum Gasteiger partial charge on any atom is 0.118 e. The molecule has 2 nitrogen and oxygen atoms in total. The highest BCUT2D eigenvalue weighted by Crippen LogP contribution is 2.05. The molecule has 0 spiro atoms. The number of rotatable bonds is 2. The molecular formula is C20H31NO. The lowest BCUT2D eigenvalue weighted by Gasteiger charge is -1.93. The highest BCUT2D eigenvalue weighted by atomic mass is 16.5. The number of hydrogen-bond donors (Lipinski definition) is 0. The largest absolute Gasteiger partial charge is 0.497 e. The Morgan fingerprint density at radius 2 is 1.59 bits per heavy atom. The van der Waals surface area contributed by atoms with Gasteiger partial charge in [0.05, 0.1) is 13.2 Å². The van der Waals surface area contributed by atoms with Crippen LogP contribution in [0.15, 0.2) is 54.6 Å². The number of methoxy groups -OCH3 is 1. The zero-order valence-corrected chi connectivity index (χ0v) is 15.2. The average Bonchev–Trinajstić information content (AvgIpc) is 2.62. The minimum absolute atomic E-state index is 0.625. The van der Waals surface area contributed by atoms with Gasteiger partial charge in [-0.25, -0.2) is 0 Å². The van der Waals surface area contributed by atoms with Crippen molar-refractivity contribution in [2.45, 2.75) is 41.5 Å². The van der Waals surface area contributed by atoms with Gasteiger partial charge in [0.15, 0.2) is 0 Å². The molecule has 1 aromatic carbocycles. The fourth-order valence-electron chi connectivity index (χ4n) is 0.785. The van der Waals surface area contributed by atoms with Crippen molar-refractivity contribution in [3.63, 3.8) is 0 Å². The molecule has 0 bridgehead atoms. The van der Waals surface area contributed by atoms with E-state index >= 15 is 0 Å². The molecule has 0 aromatic heterocycles. The monoisotopic (exact) mass is 301 g/mol. The van der Waals surface area contributed by atoms with E-state index < -0.39 is 0 Å². The first-order valence-corrected chi connectivity index (χ1v) is 7.35. The number of terminal acetylenes is 1. The van der Waals surface area contributed by atoms with Crippen LogP contribution >= 0.6 is 0 Å². The molecule has 0 aliphatic rings. The van der Waals surface area contributed by atoms with Crippen LogP contribution in [0.2, 0.25) is 0 Å². The SMILES string of the molecule is C#CC.C=C/C(C#N)=C\C.CC.CC.COc1ccccc1. The van der Waals surface area contributed by atoms with Crippen molar-refractivity contribution >= 4 is 0 Å². The van der Waals surface area contributed by atoms with Crippen LogP contribution in [0, 0.1) is 23.7 Å². The third-order valence-electron chi connectivity index (χ3n) is 1.64. The molecule has 0 radical (unpaired) electrons. The van der Waals surface area contributed by atoms with Gasteiger partial charge in [-0.1, -0.05) is 64.6 Å². The Hall–Kier alpha value is -2.45. The van der Waals surface area contributed by atoms with Crippen molar-refractivity contribution in [1.82, 2.24) is 0 Å². The summed E-state index contributed by atoms with van der Waals surface area (Å²) in [6.45, 7) is 14.9. The Morgan fingerprint density at radius 1 is 1.18 bits per heavy atom. The standard InChI is InChI=1S/C7H8O.C6H7N.C3H4.2C2H6/c1-8-7-5-3-2-4-6-7;1-3-6(4-2)5-7;1-3-2;2*1-2/h2-6H,1H3;3-4H,1H2,2H3;1H,2H3;2*1-2H3/b;6-4+;;;. The minimum Gasteiger partial charge on any atom is -0.497 e. The van der Waals surface area contributed by atoms with E-state index in [2.05, 4.69) is 18.9 Å². The van der Waals surface area contributed by atoms with E-state index in [4.69, 9.17) is 10.00 Å². The second kappa shape index (κ2) is 31.1. The Bertz CT molecular complexity index is 419. The van der Waals surface area contributed by atoms with E-state index in [1.54, 1.807) is 27.0 Å². The van der Waals surface area contributed by atoms with Crippen LogP contribution in [0.25, 0.3) is 0 Å². The molecule has 0 saturated carbocycles. The summed E-state index contributed by atoms with van der Waals surface area (Å²) in [4.78, 5) is 0. The molecule has 0 atom stereocenters. The summed E-state index contributed by atoms with van der Waals surface area (Å²) >= 11 is 0. The van der Waals surface area contributed by atoms with Gasteiger partial charge in [0.25, 0.3) is 0 Å². The van der Waals surface area contributed by atoms with Crippen LogP contribution in [0.3, 0.4) is 0 Å². The maximum absolute atomic E-state index is 8.14. The van der Waals surface area contributed by atoms with Crippen molar-refractivity contribution in [2.75, 3.05) is 7.11 Å². The molecule has 0 unspecified atom stereocenters. The van der Waals surface area contributed by atoms with Crippen LogP contribution in [0.4, 0.5) is 0 Å². The van der Waals surface area contributed by atoms with Crippen molar-refractivity contribution in [1.29, 1.82) is 5.26 Å². The molecule has 22 heavy (non-hydrogen) atoms. The zero-order valence-electron chi connectivity index (χ0n) is 15.2. The molecule has 0 heterocycles. The molecule has 0 N–H and O–H groups in total. The van der Waals surface area contributed by atoms with Crippen molar-refractivity contribution in [3.05, 3.63) is 54.6 Å². The first-order chi connectivity index (χ1) is 10.7. The molecule has 2 heteroatoms. The molecule has 1 aromatic rings. The quantitative estimate of drug-likeness (QED) is 0.379. The number of ether oxygens (including phenoxy) is 1. The third kappa shape index (κ3) is 26.2. The van der Waals surface area contributed by atoms with E-state index in [9.17, 15) is 0 Å². The van der Waals surface area contributed by atoms with Gasteiger partial charge >= 0.3 is 0 Å². The molecule has 0 amide bonds. The van der Waals surface area contributed by atoms with Crippen molar-refractivity contribution in [2.24, 2.45) is 0 Å². The van der Waals surface area contributed by atoms with Gasteiger partial charge in [0.2, 0.25) is 0 Å². The van der Waals surface area contributed by atoms with Gasteiger partial charge < -0.3 is 4.74 Å². The minimum atomic E-state index is 0.625. The number of para-hydroxylation sites is 1. The predicted molar refractivity (Wildman–Crippen MR) is 99.8 cm³/mol. The van der Waals surface area contributed by atoms with E-state index in [0.717, 1.165) is 5.75 Å². The first kappa shape index (κ1) is 27.8. The predicted octanol–water partition coefficient (Wildman–Crippen LogP) is 6.03. The highest BCUT2D eigenvalue weighted by Gasteiger charge is 1.80. The number of nitriles is 1. The third-order valence-corrected chi connectivity index (χ3v) is 1.64. The van der Waals surface area contributed by atoms with Crippen LogP contribution in [0.5, 0.6) is 5.75 Å². The van der Waals surface area contributed by atoms with Crippen LogP contribution < -0.4 is 4.74 Å². The zero-order chi connectivity index (χ0) is 18.2. The van der Waals surface area contributed by atoms with Gasteiger partial charge in [0.1, 0.15) is 5.75 Å². The highest BCUT2D eigenvalue weighted by molar-refractivity contribution is 5.30. The Labute approximate surface area is 138 Å². The van der Waals surface area contributed by atoms with Gasteiger partial charge in [-0.15, -0.1) is 12.3 Å². The lowest BCUT2D eigenvalue weighted by Crippen LogP contribution is -1.78. The molecule has 122 valence electrons. The fraction of sp³-hybridized carbons (Fsp3) is 0.350. The second-order valence-electron chi connectivity index (χ2n) is 2.87. The summed E-state index contributed by atoms with van der Waals surface area (Å²) < 4.78 is 4.91. The van der Waals surface area contributed by atoms with E-state index in [1.165, 1.54) is 6.08 Å². The Kier molecular flexibility index (Phi) is 39.4. The lowest BCUT2D eigenvalue weighted by molar-refractivity contribution is 0.415. The summed E-state index contributed by atoms with van der Waals surface area (Å²) in [6.07, 6.45) is 7.84. The molecule has 0 saturated heterocycles. The lowest BCUT2D eigenvalue weighted by atomic mass is 10.3. The first-order valence-electron chi connectivity index (χ1n) is 7.35. The fourth-order valence-corrected chi connectivity index (χ4v) is 0.785. The van der Waals surface area contributed by atoms with Gasteiger partial charge in [-0.2, -0.15) is 5.26 Å². The number of nitrogens with zero attached hydrogens (tertiary/aromatic N) is 1. The number of benzene rings is 1. The number of hydrogen-bond acceptors (Lipinski definition) is 2. The Balaban J connectivity index is -0.000000106. The molecular weight excluding hydrogens is 270 g/mol. The van der Waals surface area contributed by atoms with Crippen LogP contribution in [-0.2, 0) is 0 Å². The summed E-state index contributed by atoms with van der Waals surface area (Å²) in [7, 11) is 1.66. The second-order valence-corrected chi connectivity index (χ2v) is 2.87.